The van der Waals surface area contributed by atoms with Crippen molar-refractivity contribution < 1.29 is 80.2 Å². The molecule has 0 aromatic rings. The summed E-state index contributed by atoms with van der Waals surface area (Å²) >= 11 is 0. The van der Waals surface area contributed by atoms with Crippen LogP contribution in [0.25, 0.3) is 0 Å². The fourth-order valence-electron chi connectivity index (χ4n) is 10.9. The third-order valence-corrected chi connectivity index (χ3v) is 19.1. The highest BCUT2D eigenvalue weighted by atomic mass is 31.2. The Morgan fingerprint density at radius 3 is 0.808 bits per heavy atom. The number of allylic oxidation sites excluding steroid dienone is 18. The van der Waals surface area contributed by atoms with Crippen LogP contribution in [0.15, 0.2) is 109 Å². The monoisotopic (exact) mass is 1500 g/mol. The maximum absolute atomic E-state index is 13.1. The minimum Gasteiger partial charge on any atom is -0.462 e. The van der Waals surface area contributed by atoms with Gasteiger partial charge in [-0.1, -0.05) is 278 Å². The lowest BCUT2D eigenvalue weighted by Gasteiger charge is -2.21. The number of carbonyl (C=O) groups excluding carboxylic acids is 4. The molecule has 0 saturated heterocycles. The maximum atomic E-state index is 13.1. The Kier molecular flexibility index (Phi) is 73.7. The molecule has 600 valence electrons. The Bertz CT molecular complexity index is 2390. The Hall–Kier alpha value is -4.28. The fraction of sp³-hybridized carbons (Fsp3) is 0.741. The Morgan fingerprint density at radius 2 is 0.500 bits per heavy atom. The molecule has 3 N–H and O–H groups in total. The van der Waals surface area contributed by atoms with Gasteiger partial charge in [0, 0.05) is 25.7 Å². The van der Waals surface area contributed by atoms with Gasteiger partial charge < -0.3 is 33.8 Å². The van der Waals surface area contributed by atoms with Gasteiger partial charge in [0.1, 0.15) is 19.3 Å². The van der Waals surface area contributed by atoms with Crippen LogP contribution in [-0.4, -0.2) is 96.7 Å². The summed E-state index contributed by atoms with van der Waals surface area (Å²) in [6.45, 7) is 4.69. The zero-order valence-electron chi connectivity index (χ0n) is 65.7. The highest BCUT2D eigenvalue weighted by Crippen LogP contribution is 2.45. The summed E-state index contributed by atoms with van der Waals surface area (Å²) in [5.74, 6) is -2.22. The van der Waals surface area contributed by atoms with E-state index in [1.165, 1.54) is 83.5 Å². The van der Waals surface area contributed by atoms with Gasteiger partial charge in [0.15, 0.2) is 12.2 Å². The first-order chi connectivity index (χ1) is 50.7. The number of phosphoric acid groups is 2. The van der Waals surface area contributed by atoms with Crippen molar-refractivity contribution in [2.75, 3.05) is 39.6 Å². The predicted octanol–water partition coefficient (Wildman–Crippen LogP) is 24.1. The molecular formula is C85H148O17P2. The van der Waals surface area contributed by atoms with E-state index in [2.05, 4.69) is 137 Å². The van der Waals surface area contributed by atoms with Gasteiger partial charge in [-0.15, -0.1) is 0 Å². The lowest BCUT2D eigenvalue weighted by Crippen LogP contribution is -2.30. The smallest absolute Gasteiger partial charge is 0.462 e. The zero-order chi connectivity index (χ0) is 76.0. The fourth-order valence-corrected chi connectivity index (χ4v) is 12.5. The average molecular weight is 1500 g/mol. The molecule has 19 heteroatoms. The minimum atomic E-state index is -4.99. The van der Waals surface area contributed by atoms with E-state index in [9.17, 15) is 43.2 Å². The number of aliphatic hydroxyl groups excluding tert-OH is 1. The van der Waals surface area contributed by atoms with E-state index in [0.29, 0.717) is 25.7 Å². The third-order valence-electron chi connectivity index (χ3n) is 17.2. The summed E-state index contributed by atoms with van der Waals surface area (Å²) in [6.07, 6.45) is 83.4. The van der Waals surface area contributed by atoms with Gasteiger partial charge in [0.2, 0.25) is 0 Å². The van der Waals surface area contributed by atoms with Crippen LogP contribution in [0.4, 0.5) is 0 Å². The normalized spacial score (nSPS) is 14.4. The van der Waals surface area contributed by atoms with E-state index in [1.54, 1.807) is 0 Å². The summed E-state index contributed by atoms with van der Waals surface area (Å²) in [5.41, 5.74) is 0. The van der Waals surface area contributed by atoms with Crippen molar-refractivity contribution in [3.05, 3.63) is 109 Å². The van der Waals surface area contributed by atoms with Crippen LogP contribution in [0.1, 0.15) is 349 Å². The number of rotatable bonds is 77. The Labute approximate surface area is 632 Å². The van der Waals surface area contributed by atoms with Crippen molar-refractivity contribution in [3.63, 3.8) is 0 Å². The Balaban J connectivity index is 5.39. The van der Waals surface area contributed by atoms with Crippen molar-refractivity contribution in [2.45, 2.75) is 367 Å². The highest BCUT2D eigenvalue weighted by Gasteiger charge is 2.30. The SMILES string of the molecule is CC/C=C\C/C=C\C/C=C\C/C=C\CCCCCCC(=O)OC(COC(=O)CCCCCCCC/C=C\C/C=C\C/C=C\CCCCC)COP(=O)(O)OCC(O)COP(=O)(O)OCC(COC(=O)CCCCCCC/C=C\CCCCCCCC)OC(=O)CCCCCCC/C=C\CCCCCC. The van der Waals surface area contributed by atoms with Crippen molar-refractivity contribution in [1.82, 2.24) is 0 Å². The molecule has 0 aliphatic carbocycles. The molecule has 0 heterocycles. The molecule has 0 rings (SSSR count). The molecule has 0 aromatic carbocycles. The van der Waals surface area contributed by atoms with Crippen molar-refractivity contribution in [2.24, 2.45) is 0 Å². The van der Waals surface area contributed by atoms with Crippen LogP contribution in [0.2, 0.25) is 0 Å². The summed E-state index contributed by atoms with van der Waals surface area (Å²) in [7, 11) is -9.97. The van der Waals surface area contributed by atoms with E-state index in [1.807, 2.05) is 0 Å². The molecule has 0 aromatic heterocycles. The molecule has 0 aliphatic rings. The van der Waals surface area contributed by atoms with Crippen molar-refractivity contribution in [3.8, 4) is 0 Å². The summed E-state index contributed by atoms with van der Waals surface area (Å²) in [6, 6.07) is 0. The first-order valence-electron chi connectivity index (χ1n) is 41.1. The zero-order valence-corrected chi connectivity index (χ0v) is 67.5. The summed E-state index contributed by atoms with van der Waals surface area (Å²) in [4.78, 5) is 73.1. The lowest BCUT2D eigenvalue weighted by atomic mass is 10.1. The van der Waals surface area contributed by atoms with Crippen LogP contribution in [0.5, 0.6) is 0 Å². The molecule has 0 fully saturated rings. The third kappa shape index (κ3) is 75.9. The van der Waals surface area contributed by atoms with Crippen LogP contribution >= 0.6 is 15.6 Å². The standard InChI is InChI=1S/C85H148O17P2/c1-5-9-13-17-21-25-29-33-36-38-39-41-43-47-50-54-58-62-66-70-83(88)96-76-81(102-85(90)72-68-64-60-56-52-48-44-40-37-34-30-26-22-18-14-10-6-2)78-100-104(93,94)98-74-79(86)73-97-103(91,92)99-77-80(101-84(89)71-67-63-59-55-51-45-32-28-24-20-16-12-8-4)75-95-82(87)69-65-61-57-53-49-46-42-35-31-27-23-19-15-11-7-3/h10,14,21-22,25-26,28,32-37,39,41-42,44,48,79-81,86H,5-9,11-13,15-20,23-24,27,29-31,38,40,43,45-47,49-78H2,1-4H3,(H,91,92)(H,93,94)/b14-10-,25-21-,26-22-,32-28-,36-33-,37-34-,41-39-,42-35-,48-44-. The molecule has 5 unspecified atom stereocenters. The second kappa shape index (κ2) is 76.9. The number of unbranched alkanes of at least 4 members (excludes halogenated alkanes) is 33. The molecule has 0 amide bonds. The topological polar surface area (TPSA) is 237 Å². The van der Waals surface area contributed by atoms with Crippen molar-refractivity contribution >= 4 is 39.5 Å². The van der Waals surface area contributed by atoms with Crippen LogP contribution < -0.4 is 0 Å². The molecular weight excluding hydrogens is 1350 g/mol. The van der Waals surface area contributed by atoms with Gasteiger partial charge >= 0.3 is 39.5 Å². The maximum Gasteiger partial charge on any atom is 0.472 e. The van der Waals surface area contributed by atoms with Crippen LogP contribution in [0.3, 0.4) is 0 Å². The molecule has 17 nitrogen and oxygen atoms in total. The van der Waals surface area contributed by atoms with E-state index in [0.717, 1.165) is 186 Å². The lowest BCUT2D eigenvalue weighted by molar-refractivity contribution is -0.161. The summed E-state index contributed by atoms with van der Waals surface area (Å²) in [5, 5.41) is 10.6. The van der Waals surface area contributed by atoms with Gasteiger partial charge in [-0.2, -0.15) is 0 Å². The first-order valence-corrected chi connectivity index (χ1v) is 44.1. The molecule has 0 spiro atoms. The van der Waals surface area contributed by atoms with Crippen molar-refractivity contribution in [1.29, 1.82) is 0 Å². The number of aliphatic hydroxyl groups is 1. The number of esters is 4. The number of ether oxygens (including phenoxy) is 4. The molecule has 0 saturated carbocycles. The Morgan fingerprint density at radius 1 is 0.279 bits per heavy atom. The number of hydrogen-bond acceptors (Lipinski definition) is 15. The highest BCUT2D eigenvalue weighted by molar-refractivity contribution is 7.47. The van der Waals surface area contributed by atoms with E-state index >= 15 is 0 Å². The molecule has 0 radical (unpaired) electrons. The summed E-state index contributed by atoms with van der Waals surface area (Å²) < 4.78 is 68.6. The van der Waals surface area contributed by atoms with Gasteiger partial charge in [0.25, 0.3) is 0 Å². The van der Waals surface area contributed by atoms with Gasteiger partial charge in [-0.25, -0.2) is 9.13 Å². The van der Waals surface area contributed by atoms with Gasteiger partial charge in [-0.3, -0.25) is 37.3 Å². The largest absolute Gasteiger partial charge is 0.472 e. The molecule has 5 atom stereocenters. The number of carbonyl (C=O) groups is 4. The predicted molar refractivity (Wildman–Crippen MR) is 427 cm³/mol. The molecule has 0 bridgehead atoms. The second-order valence-electron chi connectivity index (χ2n) is 27.3. The average Bonchev–Trinajstić information content (AvgIpc) is 0.917. The molecule has 104 heavy (non-hydrogen) atoms. The van der Waals surface area contributed by atoms with E-state index in [4.69, 9.17) is 37.0 Å². The van der Waals surface area contributed by atoms with E-state index < -0.39 is 97.5 Å². The van der Waals surface area contributed by atoms with Gasteiger partial charge in [0.05, 0.1) is 26.4 Å². The van der Waals surface area contributed by atoms with Crippen LogP contribution in [-0.2, 0) is 65.4 Å². The quantitative estimate of drug-likeness (QED) is 0.0169. The van der Waals surface area contributed by atoms with Gasteiger partial charge in [-0.05, 0) is 154 Å². The molecule has 0 aliphatic heterocycles. The minimum absolute atomic E-state index is 0.0625. The number of phosphoric ester groups is 2. The first kappa shape index (κ1) is 99.7. The second-order valence-corrected chi connectivity index (χ2v) is 30.2. The van der Waals surface area contributed by atoms with Crippen LogP contribution in [0, 0.1) is 0 Å². The number of hydrogen-bond donors (Lipinski definition) is 3. The van der Waals surface area contributed by atoms with E-state index in [-0.39, 0.29) is 25.7 Å².